The summed E-state index contributed by atoms with van der Waals surface area (Å²) in [4.78, 5) is 26.2. The lowest BCUT2D eigenvalue weighted by Crippen LogP contribution is -2.35. The van der Waals surface area contributed by atoms with E-state index >= 15 is 0 Å². The van der Waals surface area contributed by atoms with E-state index in [1.165, 1.54) is 10.8 Å². The minimum absolute atomic E-state index is 0.0894. The number of aromatic amines is 1. The van der Waals surface area contributed by atoms with Gasteiger partial charge < -0.3 is 23.6 Å². The molecule has 5 atom stereocenters. The quantitative estimate of drug-likeness (QED) is 0.593. The molecule has 3 heterocycles. The summed E-state index contributed by atoms with van der Waals surface area (Å²) in [5.41, 5.74) is -0.667. The normalized spacial score (nSPS) is 29.9. The molecule has 0 radical (unpaired) electrons. The Balaban J connectivity index is 1.83. The number of fused-ring (bicyclic) bond motifs is 1. The van der Waals surface area contributed by atoms with Gasteiger partial charge >= 0.3 is 13.3 Å². The first-order valence-electron chi connectivity index (χ1n) is 9.43. The molecular formula is C17H27N2O8P. The number of H-pyrrole nitrogens is 1. The summed E-state index contributed by atoms with van der Waals surface area (Å²) >= 11 is 0. The fraction of sp³-hybridized carbons (Fsp3) is 0.765. The third kappa shape index (κ3) is 4.17. The fourth-order valence-electron chi connectivity index (χ4n) is 3.91. The Morgan fingerprint density at radius 1 is 1.29 bits per heavy atom. The van der Waals surface area contributed by atoms with Crippen LogP contribution in [0.25, 0.3) is 0 Å². The largest absolute Gasteiger partial charge is 0.394 e. The van der Waals surface area contributed by atoms with E-state index in [-0.39, 0.29) is 31.9 Å². The number of nitrogens with zero attached hydrogens (tertiary/aromatic N) is 1. The van der Waals surface area contributed by atoms with Gasteiger partial charge in [-0.2, -0.15) is 0 Å². The van der Waals surface area contributed by atoms with Crippen molar-refractivity contribution < 1.29 is 28.2 Å². The lowest BCUT2D eigenvalue weighted by Gasteiger charge is -2.23. The molecule has 2 fully saturated rings. The number of nitrogens with one attached hydrogen (secondary N) is 1. The number of rotatable bonds is 8. The van der Waals surface area contributed by atoms with Gasteiger partial charge in [0.1, 0.15) is 12.3 Å². The Morgan fingerprint density at radius 2 is 1.96 bits per heavy atom. The minimum atomic E-state index is -3.30. The van der Waals surface area contributed by atoms with Crippen LogP contribution in [0.4, 0.5) is 0 Å². The van der Waals surface area contributed by atoms with E-state index in [1.807, 2.05) is 0 Å². The second kappa shape index (κ2) is 8.61. The molecule has 0 aromatic carbocycles. The van der Waals surface area contributed by atoms with Crippen LogP contribution in [0.3, 0.4) is 0 Å². The van der Waals surface area contributed by atoms with E-state index in [9.17, 15) is 19.3 Å². The Bertz CT molecular complexity index is 842. The number of aromatic nitrogens is 2. The van der Waals surface area contributed by atoms with Gasteiger partial charge in [-0.25, -0.2) is 4.79 Å². The smallest absolute Gasteiger partial charge is 0.333 e. The van der Waals surface area contributed by atoms with Crippen LogP contribution in [-0.4, -0.2) is 59.0 Å². The van der Waals surface area contributed by atoms with Gasteiger partial charge in [-0.15, -0.1) is 0 Å². The monoisotopic (exact) mass is 418 g/mol. The lowest BCUT2D eigenvalue weighted by atomic mass is 9.97. The molecule has 2 aliphatic heterocycles. The molecule has 0 aliphatic carbocycles. The van der Waals surface area contributed by atoms with Gasteiger partial charge in [0.05, 0.1) is 38.2 Å². The topological polar surface area (TPSA) is 129 Å². The zero-order valence-corrected chi connectivity index (χ0v) is 17.1. The van der Waals surface area contributed by atoms with Crippen LogP contribution in [0.15, 0.2) is 15.8 Å². The highest BCUT2D eigenvalue weighted by molar-refractivity contribution is 7.53. The maximum absolute atomic E-state index is 12.8. The first-order chi connectivity index (χ1) is 13.3. The Hall–Kier alpha value is -1.29. The van der Waals surface area contributed by atoms with Gasteiger partial charge in [-0.1, -0.05) is 0 Å². The number of hydrogen-bond donors (Lipinski definition) is 2. The summed E-state index contributed by atoms with van der Waals surface area (Å²) in [6, 6.07) is 0. The second-order valence-electron chi connectivity index (χ2n) is 6.98. The second-order valence-corrected chi connectivity index (χ2v) is 9.08. The van der Waals surface area contributed by atoms with Crippen LogP contribution in [0.2, 0.25) is 0 Å². The maximum Gasteiger partial charge on any atom is 0.333 e. The van der Waals surface area contributed by atoms with Crippen molar-refractivity contribution in [2.75, 3.05) is 26.0 Å². The number of aryl methyl sites for hydroxylation is 1. The molecule has 28 heavy (non-hydrogen) atoms. The Labute approximate surface area is 162 Å². The van der Waals surface area contributed by atoms with Crippen molar-refractivity contribution in [3.05, 3.63) is 32.6 Å². The van der Waals surface area contributed by atoms with Gasteiger partial charge in [0.2, 0.25) is 0 Å². The van der Waals surface area contributed by atoms with Crippen LogP contribution in [0.5, 0.6) is 0 Å². The molecule has 2 saturated heterocycles. The highest BCUT2D eigenvalue weighted by Gasteiger charge is 2.53. The molecule has 0 bridgehead atoms. The van der Waals surface area contributed by atoms with Crippen LogP contribution in [0.1, 0.15) is 32.1 Å². The zero-order valence-electron chi connectivity index (χ0n) is 16.2. The van der Waals surface area contributed by atoms with E-state index in [0.29, 0.717) is 12.0 Å². The number of aliphatic hydroxyl groups is 1. The minimum Gasteiger partial charge on any atom is -0.394 e. The molecular weight excluding hydrogens is 391 g/mol. The van der Waals surface area contributed by atoms with E-state index in [1.54, 1.807) is 20.8 Å². The van der Waals surface area contributed by atoms with Crippen molar-refractivity contribution in [3.63, 3.8) is 0 Å². The fourth-order valence-corrected chi connectivity index (χ4v) is 5.72. The van der Waals surface area contributed by atoms with E-state index in [2.05, 4.69) is 4.98 Å². The van der Waals surface area contributed by atoms with Crippen LogP contribution < -0.4 is 11.2 Å². The van der Waals surface area contributed by atoms with Crippen molar-refractivity contribution in [3.8, 4) is 0 Å². The molecule has 2 N–H and O–H groups in total. The summed E-state index contributed by atoms with van der Waals surface area (Å²) < 4.78 is 36.7. The standard InChI is InChI=1S/C17H27N2O8P/c1-4-24-28(23,25-5-2)9-11-6-12-14(26-11)13(8-20)27-16(12)19-7-10(3)15(21)18-17(19)22/h7,11-14,16,20H,4-6,8-9H2,1-3H3,(H,18,21,22)/t11?,12-,13-,14+,16-/m1/s1. The van der Waals surface area contributed by atoms with Gasteiger partial charge in [0.25, 0.3) is 5.56 Å². The molecule has 10 nitrogen and oxygen atoms in total. The Kier molecular flexibility index (Phi) is 6.58. The first-order valence-corrected chi connectivity index (χ1v) is 11.2. The van der Waals surface area contributed by atoms with Gasteiger partial charge in [-0.3, -0.25) is 18.9 Å². The number of ether oxygens (including phenoxy) is 2. The van der Waals surface area contributed by atoms with Crippen LogP contribution in [-0.2, 0) is 23.1 Å². The summed E-state index contributed by atoms with van der Waals surface area (Å²) in [7, 11) is -3.30. The van der Waals surface area contributed by atoms with Gasteiger partial charge in [0, 0.05) is 17.7 Å². The Morgan fingerprint density at radius 3 is 2.57 bits per heavy atom. The van der Waals surface area contributed by atoms with Gasteiger partial charge in [0.15, 0.2) is 0 Å². The molecule has 2 aliphatic rings. The number of aliphatic hydroxyl groups excluding tert-OH is 1. The SMILES string of the molecule is CCOP(=O)(CC1C[C@@H]2[C@H](O1)[C@@H](CO)O[C@H]2n1cc(C)c(=O)[nH]c1=O)OCC. The molecule has 158 valence electrons. The summed E-state index contributed by atoms with van der Waals surface area (Å²) in [6.07, 6.45) is -0.213. The molecule has 11 heteroatoms. The first kappa shape index (κ1) is 21.4. The zero-order chi connectivity index (χ0) is 20.5. The van der Waals surface area contributed by atoms with Crippen molar-refractivity contribution in [1.82, 2.24) is 9.55 Å². The predicted octanol–water partition coefficient (Wildman–Crippen LogP) is 0.775. The van der Waals surface area contributed by atoms with Crippen molar-refractivity contribution in [2.45, 2.75) is 51.7 Å². The summed E-state index contributed by atoms with van der Waals surface area (Å²) in [5.74, 6) is -0.248. The molecule has 0 amide bonds. The lowest BCUT2D eigenvalue weighted by molar-refractivity contribution is -0.0780. The van der Waals surface area contributed by atoms with Crippen LogP contribution >= 0.6 is 7.60 Å². The molecule has 1 unspecified atom stereocenters. The maximum atomic E-state index is 12.8. The van der Waals surface area contributed by atoms with Crippen molar-refractivity contribution in [1.29, 1.82) is 0 Å². The van der Waals surface area contributed by atoms with Gasteiger partial charge in [-0.05, 0) is 27.2 Å². The molecule has 0 saturated carbocycles. The molecule has 3 rings (SSSR count). The molecule has 1 aromatic rings. The summed E-state index contributed by atoms with van der Waals surface area (Å²) in [5, 5.41) is 9.68. The van der Waals surface area contributed by atoms with E-state index in [0.717, 1.165) is 0 Å². The van der Waals surface area contributed by atoms with E-state index in [4.69, 9.17) is 18.5 Å². The van der Waals surface area contributed by atoms with Crippen molar-refractivity contribution in [2.24, 2.45) is 5.92 Å². The highest BCUT2D eigenvalue weighted by Crippen LogP contribution is 2.53. The highest BCUT2D eigenvalue weighted by atomic mass is 31.2. The van der Waals surface area contributed by atoms with Crippen LogP contribution in [0, 0.1) is 12.8 Å². The van der Waals surface area contributed by atoms with Crippen molar-refractivity contribution >= 4 is 7.60 Å². The summed E-state index contributed by atoms with van der Waals surface area (Å²) in [6.45, 7) is 5.32. The number of hydrogen-bond acceptors (Lipinski definition) is 8. The average Bonchev–Trinajstić information content (AvgIpc) is 3.16. The van der Waals surface area contributed by atoms with E-state index < -0.39 is 43.4 Å². The third-order valence-electron chi connectivity index (χ3n) is 5.03. The molecule has 0 spiro atoms. The predicted molar refractivity (Wildman–Crippen MR) is 99.5 cm³/mol. The molecule has 1 aromatic heterocycles. The average molecular weight is 418 g/mol. The third-order valence-corrected chi connectivity index (χ3v) is 7.19.